The Labute approximate surface area is 123 Å². The Bertz CT molecular complexity index is 429. The Balaban J connectivity index is 0.00000361. The first-order valence-corrected chi connectivity index (χ1v) is 6.12. The van der Waals surface area contributed by atoms with Crippen LogP contribution in [0, 0.1) is 5.41 Å². The van der Waals surface area contributed by atoms with Crippen LogP contribution in [0.15, 0.2) is 24.3 Å². The number of alkyl halides is 3. The Hall–Kier alpha value is -0.780. The predicted molar refractivity (Wildman–Crippen MR) is 75.7 cm³/mol. The molecule has 0 aliphatic carbocycles. The third-order valence-corrected chi connectivity index (χ3v) is 3.19. The van der Waals surface area contributed by atoms with E-state index < -0.39 is 17.8 Å². The van der Waals surface area contributed by atoms with E-state index in [2.05, 4.69) is 0 Å². The topological polar surface area (TPSA) is 46.2 Å². The molecule has 0 spiro atoms. The highest BCUT2D eigenvalue weighted by Gasteiger charge is 2.31. The molecule has 0 saturated heterocycles. The van der Waals surface area contributed by atoms with Gasteiger partial charge in [0.15, 0.2) is 0 Å². The van der Waals surface area contributed by atoms with Crippen LogP contribution in [0.2, 0.25) is 0 Å². The Kier molecular flexibility index (Phi) is 6.52. The predicted octanol–water partition coefficient (Wildman–Crippen LogP) is 3.92. The van der Waals surface area contributed by atoms with Gasteiger partial charge in [-0.15, -0.1) is 12.4 Å². The number of halogens is 4. The molecule has 3 N–H and O–H groups in total. The van der Waals surface area contributed by atoms with Gasteiger partial charge in [-0.3, -0.25) is 0 Å². The van der Waals surface area contributed by atoms with Gasteiger partial charge in [-0.1, -0.05) is 32.9 Å². The molecule has 116 valence electrons. The quantitative estimate of drug-likeness (QED) is 0.888. The largest absolute Gasteiger partial charge is 0.416 e. The van der Waals surface area contributed by atoms with Crippen LogP contribution in [0.25, 0.3) is 0 Å². The maximum atomic E-state index is 12.6. The van der Waals surface area contributed by atoms with Crippen LogP contribution in [0.4, 0.5) is 13.2 Å². The minimum Gasteiger partial charge on any atom is -0.388 e. The van der Waals surface area contributed by atoms with Crippen LogP contribution in [0.1, 0.15) is 44.4 Å². The molecule has 6 heteroatoms. The van der Waals surface area contributed by atoms with E-state index in [1.54, 1.807) is 0 Å². The summed E-state index contributed by atoms with van der Waals surface area (Å²) in [5, 5.41) is 10.00. The van der Waals surface area contributed by atoms with Gasteiger partial charge in [0.2, 0.25) is 0 Å². The molecule has 0 bridgehead atoms. The summed E-state index contributed by atoms with van der Waals surface area (Å²) in [6, 6.07) is 4.44. The first kappa shape index (κ1) is 19.2. The number of aliphatic hydroxyl groups excluding tert-OH is 1. The summed E-state index contributed by atoms with van der Waals surface area (Å²) in [6.45, 7) is 5.78. The monoisotopic (exact) mass is 311 g/mol. The molecule has 1 aromatic rings. The lowest BCUT2D eigenvalue weighted by Crippen LogP contribution is -2.36. The number of hydrogen-bond donors (Lipinski definition) is 2. The molecule has 0 fully saturated rings. The summed E-state index contributed by atoms with van der Waals surface area (Å²) < 4.78 is 37.7. The fourth-order valence-corrected chi connectivity index (χ4v) is 1.65. The van der Waals surface area contributed by atoms with Crippen LogP contribution in [-0.2, 0) is 6.18 Å². The molecule has 0 amide bonds. The molecular weight excluding hydrogens is 291 g/mol. The standard InChI is InChI=1S/C14H20F3NO.ClH/c1-13(2,3)12(18)8-11(19)9-5-4-6-10(7-9)14(15,16)17;/h4-7,11-12,19H,8,18H2,1-3H3;1H/t11-,12-;/m0./s1. The lowest BCUT2D eigenvalue weighted by atomic mass is 9.83. The smallest absolute Gasteiger partial charge is 0.388 e. The average molecular weight is 312 g/mol. The highest BCUT2D eigenvalue weighted by Crippen LogP contribution is 2.32. The van der Waals surface area contributed by atoms with Crippen molar-refractivity contribution >= 4 is 12.4 Å². The summed E-state index contributed by atoms with van der Waals surface area (Å²) in [5.41, 5.74) is 5.21. The zero-order valence-electron chi connectivity index (χ0n) is 11.7. The molecular formula is C14H21ClF3NO. The third-order valence-electron chi connectivity index (χ3n) is 3.19. The zero-order valence-corrected chi connectivity index (χ0v) is 12.6. The SMILES string of the molecule is CC(C)(C)[C@@H](N)C[C@H](O)c1cccc(C(F)(F)F)c1.Cl. The molecule has 0 aromatic heterocycles. The molecule has 0 heterocycles. The summed E-state index contributed by atoms with van der Waals surface area (Å²) in [4.78, 5) is 0. The van der Waals surface area contributed by atoms with Crippen LogP contribution in [0.5, 0.6) is 0 Å². The maximum absolute atomic E-state index is 12.6. The van der Waals surface area contributed by atoms with Crippen molar-refractivity contribution < 1.29 is 18.3 Å². The van der Waals surface area contributed by atoms with Crippen molar-refractivity contribution in [3.05, 3.63) is 35.4 Å². The number of nitrogens with two attached hydrogens (primary N) is 1. The van der Waals surface area contributed by atoms with E-state index in [0.717, 1.165) is 12.1 Å². The van der Waals surface area contributed by atoms with Gasteiger partial charge in [-0.05, 0) is 29.5 Å². The van der Waals surface area contributed by atoms with Crippen molar-refractivity contribution in [3.63, 3.8) is 0 Å². The van der Waals surface area contributed by atoms with E-state index in [1.807, 2.05) is 20.8 Å². The van der Waals surface area contributed by atoms with Gasteiger partial charge in [0.1, 0.15) is 0 Å². The Morgan fingerprint density at radius 2 is 1.75 bits per heavy atom. The fraction of sp³-hybridized carbons (Fsp3) is 0.571. The van der Waals surface area contributed by atoms with Gasteiger partial charge in [0.05, 0.1) is 11.7 Å². The second-order valence-corrected chi connectivity index (χ2v) is 5.85. The van der Waals surface area contributed by atoms with Crippen molar-refractivity contribution in [2.24, 2.45) is 11.1 Å². The molecule has 1 rings (SSSR count). The average Bonchev–Trinajstić information content (AvgIpc) is 2.26. The Morgan fingerprint density at radius 3 is 2.20 bits per heavy atom. The molecule has 0 saturated carbocycles. The summed E-state index contributed by atoms with van der Waals surface area (Å²) in [5.74, 6) is 0. The number of aliphatic hydroxyl groups is 1. The normalized spacial score (nSPS) is 15.4. The molecule has 2 atom stereocenters. The lowest BCUT2D eigenvalue weighted by Gasteiger charge is -2.29. The summed E-state index contributed by atoms with van der Waals surface area (Å²) >= 11 is 0. The van der Waals surface area contributed by atoms with E-state index >= 15 is 0 Å². The van der Waals surface area contributed by atoms with Gasteiger partial charge >= 0.3 is 6.18 Å². The first-order chi connectivity index (χ1) is 8.51. The second-order valence-electron chi connectivity index (χ2n) is 5.85. The maximum Gasteiger partial charge on any atom is 0.416 e. The highest BCUT2D eigenvalue weighted by molar-refractivity contribution is 5.85. The van der Waals surface area contributed by atoms with Gasteiger partial charge in [-0.2, -0.15) is 13.2 Å². The first-order valence-electron chi connectivity index (χ1n) is 6.12. The van der Waals surface area contributed by atoms with Crippen molar-refractivity contribution in [3.8, 4) is 0 Å². The third kappa shape index (κ3) is 5.31. The molecule has 1 aromatic carbocycles. The highest BCUT2D eigenvalue weighted by atomic mass is 35.5. The minimum absolute atomic E-state index is 0. The van der Waals surface area contributed by atoms with Gasteiger partial charge in [0, 0.05) is 6.04 Å². The molecule has 0 aliphatic rings. The molecule has 0 aliphatic heterocycles. The van der Waals surface area contributed by atoms with E-state index in [9.17, 15) is 18.3 Å². The van der Waals surface area contributed by atoms with Crippen molar-refractivity contribution in [1.29, 1.82) is 0 Å². The van der Waals surface area contributed by atoms with E-state index in [0.29, 0.717) is 0 Å². The van der Waals surface area contributed by atoms with Crippen molar-refractivity contribution in [1.82, 2.24) is 0 Å². The summed E-state index contributed by atoms with van der Waals surface area (Å²) in [6.07, 6.45) is -5.16. The van der Waals surface area contributed by atoms with Gasteiger partial charge < -0.3 is 10.8 Å². The number of rotatable bonds is 3. The van der Waals surface area contributed by atoms with Crippen molar-refractivity contribution in [2.45, 2.75) is 45.5 Å². The molecule has 20 heavy (non-hydrogen) atoms. The fourth-order valence-electron chi connectivity index (χ4n) is 1.65. The van der Waals surface area contributed by atoms with E-state index in [1.165, 1.54) is 12.1 Å². The Morgan fingerprint density at radius 1 is 1.20 bits per heavy atom. The van der Waals surface area contributed by atoms with Crippen LogP contribution < -0.4 is 5.73 Å². The minimum atomic E-state index is -4.40. The molecule has 2 nitrogen and oxygen atoms in total. The zero-order chi connectivity index (χ0) is 14.8. The van der Waals surface area contributed by atoms with Gasteiger partial charge in [0.25, 0.3) is 0 Å². The van der Waals surface area contributed by atoms with E-state index in [-0.39, 0.29) is 35.8 Å². The van der Waals surface area contributed by atoms with Crippen molar-refractivity contribution in [2.75, 3.05) is 0 Å². The van der Waals surface area contributed by atoms with Crippen LogP contribution in [0.3, 0.4) is 0 Å². The molecule has 0 radical (unpaired) electrons. The van der Waals surface area contributed by atoms with Crippen LogP contribution in [-0.4, -0.2) is 11.1 Å². The lowest BCUT2D eigenvalue weighted by molar-refractivity contribution is -0.137. The number of benzene rings is 1. The summed E-state index contributed by atoms with van der Waals surface area (Å²) in [7, 11) is 0. The second kappa shape index (κ2) is 6.78. The number of hydrogen-bond acceptors (Lipinski definition) is 2. The van der Waals surface area contributed by atoms with E-state index in [4.69, 9.17) is 5.73 Å². The van der Waals surface area contributed by atoms with Gasteiger partial charge in [-0.25, -0.2) is 0 Å². The van der Waals surface area contributed by atoms with Crippen LogP contribution >= 0.6 is 12.4 Å². The molecule has 0 unspecified atom stereocenters.